The fraction of sp³-hybridized carbons (Fsp3) is 0.538. The van der Waals surface area contributed by atoms with Crippen LogP contribution in [0, 0.1) is 11.8 Å². The molecule has 0 saturated carbocycles. The van der Waals surface area contributed by atoms with E-state index in [0.29, 0.717) is 30.5 Å². The summed E-state index contributed by atoms with van der Waals surface area (Å²) in [6.07, 6.45) is 3.54. The molecule has 34 heavy (non-hydrogen) atoms. The van der Waals surface area contributed by atoms with Crippen molar-refractivity contribution in [3.63, 3.8) is 0 Å². The van der Waals surface area contributed by atoms with Crippen LogP contribution in [0.25, 0.3) is 0 Å². The Bertz CT molecular complexity index is 1050. The van der Waals surface area contributed by atoms with Crippen molar-refractivity contribution in [1.82, 2.24) is 4.90 Å². The molecule has 8 nitrogen and oxygen atoms in total. The second kappa shape index (κ2) is 9.80. The van der Waals surface area contributed by atoms with E-state index in [0.717, 1.165) is 37.1 Å². The van der Waals surface area contributed by atoms with Crippen LogP contribution in [0.3, 0.4) is 0 Å². The maximum atomic E-state index is 13.4. The summed E-state index contributed by atoms with van der Waals surface area (Å²) in [4.78, 5) is 27.3. The number of aliphatic hydroxyl groups is 3. The van der Waals surface area contributed by atoms with Gasteiger partial charge >= 0.3 is 0 Å². The van der Waals surface area contributed by atoms with Gasteiger partial charge in [-0.25, -0.2) is 0 Å². The standard InChI is InChI=1S/C26H34N2O6/c1-14(29)21(26(27)34)19(30)10-15-9-18-12-16-5-6-17(13-28-7-3-2-4-8-28)24(32)23(16)25(33)22(18)20(31)11-15/h5-6,14-15,18,29-32H,2-4,7-13H2,1H3,(H2,27,34)/b21-19-. The Morgan fingerprint density at radius 2 is 1.88 bits per heavy atom. The van der Waals surface area contributed by atoms with Gasteiger partial charge in [0.2, 0.25) is 0 Å². The number of Topliss-reactive ketones (excluding diaryl/α,β-unsaturated/α-hetero) is 1. The maximum absolute atomic E-state index is 13.4. The van der Waals surface area contributed by atoms with Gasteiger partial charge in [0.1, 0.15) is 11.5 Å². The molecular formula is C26H34N2O6. The molecule has 1 amide bonds. The van der Waals surface area contributed by atoms with Gasteiger partial charge in [-0.15, -0.1) is 0 Å². The number of carbonyl (C=O) groups excluding carboxylic acids is 2. The van der Waals surface area contributed by atoms with Crippen molar-refractivity contribution in [1.29, 1.82) is 0 Å². The highest BCUT2D eigenvalue weighted by molar-refractivity contribution is 6.13. The molecule has 2 aliphatic carbocycles. The molecular weight excluding hydrogens is 436 g/mol. The molecule has 1 heterocycles. The Kier molecular flexibility index (Phi) is 7.00. The van der Waals surface area contributed by atoms with E-state index >= 15 is 0 Å². The van der Waals surface area contributed by atoms with Crippen LogP contribution in [-0.2, 0) is 17.8 Å². The van der Waals surface area contributed by atoms with Crippen molar-refractivity contribution in [3.8, 4) is 5.75 Å². The average molecular weight is 471 g/mol. The van der Waals surface area contributed by atoms with Crippen molar-refractivity contribution < 1.29 is 30.0 Å². The fourth-order valence-electron chi connectivity index (χ4n) is 5.84. The summed E-state index contributed by atoms with van der Waals surface area (Å²) in [5.41, 5.74) is 7.17. The van der Waals surface area contributed by atoms with Crippen LogP contribution in [0.15, 0.2) is 34.8 Å². The molecule has 0 radical (unpaired) electrons. The number of piperidine rings is 1. The molecule has 184 valence electrons. The molecule has 1 aromatic rings. The minimum Gasteiger partial charge on any atom is -0.512 e. The van der Waals surface area contributed by atoms with Crippen LogP contribution in [0.5, 0.6) is 5.75 Å². The van der Waals surface area contributed by atoms with Crippen molar-refractivity contribution >= 4 is 11.7 Å². The fourth-order valence-corrected chi connectivity index (χ4v) is 5.84. The first kappa shape index (κ1) is 24.3. The van der Waals surface area contributed by atoms with Crippen LogP contribution in [0.4, 0.5) is 0 Å². The molecule has 0 aromatic heterocycles. The second-order valence-corrected chi connectivity index (χ2v) is 9.95. The van der Waals surface area contributed by atoms with Gasteiger partial charge in [0.25, 0.3) is 5.91 Å². The maximum Gasteiger partial charge on any atom is 0.250 e. The van der Waals surface area contributed by atoms with Gasteiger partial charge in [-0.05, 0) is 63.1 Å². The number of carbonyl (C=O) groups is 2. The van der Waals surface area contributed by atoms with E-state index in [4.69, 9.17) is 5.73 Å². The third-order valence-electron chi connectivity index (χ3n) is 7.42. The molecule has 1 saturated heterocycles. The number of allylic oxidation sites excluding steroid dienone is 3. The van der Waals surface area contributed by atoms with E-state index in [1.807, 2.05) is 12.1 Å². The number of ketones is 1. The number of likely N-dealkylation sites (tertiary alicyclic amines) is 1. The van der Waals surface area contributed by atoms with Crippen LogP contribution in [-0.4, -0.2) is 56.2 Å². The molecule has 8 heteroatoms. The predicted molar refractivity (Wildman–Crippen MR) is 126 cm³/mol. The summed E-state index contributed by atoms with van der Waals surface area (Å²) in [7, 11) is 0. The monoisotopic (exact) mass is 470 g/mol. The van der Waals surface area contributed by atoms with Crippen molar-refractivity contribution in [2.24, 2.45) is 17.6 Å². The minimum atomic E-state index is -1.20. The molecule has 6 N–H and O–H groups in total. The van der Waals surface area contributed by atoms with Crippen molar-refractivity contribution in [2.45, 2.75) is 64.5 Å². The highest BCUT2D eigenvalue weighted by Crippen LogP contribution is 2.45. The number of hydrogen-bond donors (Lipinski definition) is 5. The first-order chi connectivity index (χ1) is 16.2. The van der Waals surface area contributed by atoms with E-state index in [9.17, 15) is 30.0 Å². The van der Waals surface area contributed by atoms with Gasteiger partial charge in [0, 0.05) is 30.5 Å². The summed E-state index contributed by atoms with van der Waals surface area (Å²) in [5.74, 6) is -2.00. The predicted octanol–water partition coefficient (Wildman–Crippen LogP) is 3.02. The molecule has 4 rings (SSSR count). The number of rotatable bonds is 6. The highest BCUT2D eigenvalue weighted by Gasteiger charge is 2.40. The van der Waals surface area contributed by atoms with E-state index < -0.39 is 12.0 Å². The zero-order chi connectivity index (χ0) is 24.6. The number of benzene rings is 1. The summed E-state index contributed by atoms with van der Waals surface area (Å²) >= 11 is 0. The first-order valence-corrected chi connectivity index (χ1v) is 12.1. The smallest absolute Gasteiger partial charge is 0.250 e. The van der Waals surface area contributed by atoms with Gasteiger partial charge in [-0.1, -0.05) is 18.6 Å². The molecule has 0 spiro atoms. The lowest BCUT2D eigenvalue weighted by molar-refractivity contribution is -0.115. The third-order valence-corrected chi connectivity index (χ3v) is 7.42. The zero-order valence-corrected chi connectivity index (χ0v) is 19.6. The number of fused-ring (bicyclic) bond motifs is 2. The topological polar surface area (TPSA) is 144 Å². The summed E-state index contributed by atoms with van der Waals surface area (Å²) < 4.78 is 0. The average Bonchev–Trinajstić information content (AvgIpc) is 2.75. The van der Waals surface area contributed by atoms with E-state index in [-0.39, 0.29) is 53.3 Å². The third kappa shape index (κ3) is 4.70. The van der Waals surface area contributed by atoms with Crippen LogP contribution in [0.2, 0.25) is 0 Å². The Morgan fingerprint density at radius 1 is 1.18 bits per heavy atom. The lowest BCUT2D eigenvalue weighted by Crippen LogP contribution is -2.32. The zero-order valence-electron chi connectivity index (χ0n) is 19.6. The lowest BCUT2D eigenvalue weighted by atomic mass is 9.69. The Hall–Kier alpha value is -2.84. The SMILES string of the molecule is CC(O)/C(C(N)=O)=C(/O)CC1CC(O)=C2C(=O)c3c(ccc(CN4CCCCC4)c3O)CC2C1. The van der Waals surface area contributed by atoms with Gasteiger partial charge in [0.05, 0.1) is 23.0 Å². The molecule has 1 aromatic carbocycles. The number of phenolic OH excluding ortho intramolecular Hbond substituents is 1. The van der Waals surface area contributed by atoms with Gasteiger partial charge in [0.15, 0.2) is 5.78 Å². The molecule has 1 aliphatic heterocycles. The number of phenols is 1. The quantitative estimate of drug-likeness (QED) is 0.317. The largest absolute Gasteiger partial charge is 0.512 e. The summed E-state index contributed by atoms with van der Waals surface area (Å²) in [6.45, 7) is 3.91. The number of nitrogens with two attached hydrogens (primary N) is 1. The van der Waals surface area contributed by atoms with Gasteiger partial charge in [-0.3, -0.25) is 14.5 Å². The Labute approximate surface area is 199 Å². The Morgan fingerprint density at radius 3 is 2.53 bits per heavy atom. The number of amides is 1. The molecule has 3 unspecified atom stereocenters. The highest BCUT2D eigenvalue weighted by atomic mass is 16.3. The van der Waals surface area contributed by atoms with Gasteiger partial charge in [-0.2, -0.15) is 0 Å². The van der Waals surface area contributed by atoms with E-state index in [2.05, 4.69) is 4.90 Å². The summed E-state index contributed by atoms with van der Waals surface area (Å²) in [6, 6.07) is 3.79. The molecule has 1 fully saturated rings. The number of hydrogen-bond acceptors (Lipinski definition) is 7. The molecule has 3 atom stereocenters. The van der Waals surface area contributed by atoms with E-state index in [1.54, 1.807) is 0 Å². The number of nitrogens with zero attached hydrogens (tertiary/aromatic N) is 1. The minimum absolute atomic E-state index is 0.0116. The van der Waals surface area contributed by atoms with E-state index in [1.165, 1.54) is 13.3 Å². The van der Waals surface area contributed by atoms with Gasteiger partial charge < -0.3 is 26.2 Å². The number of aromatic hydroxyl groups is 1. The first-order valence-electron chi connectivity index (χ1n) is 12.1. The van der Waals surface area contributed by atoms with Crippen LogP contribution >= 0.6 is 0 Å². The number of aliphatic hydroxyl groups excluding tert-OH is 3. The number of primary amides is 1. The molecule has 0 bridgehead atoms. The van der Waals surface area contributed by atoms with Crippen molar-refractivity contribution in [2.75, 3.05) is 13.1 Å². The van der Waals surface area contributed by atoms with Crippen LogP contribution < -0.4 is 5.73 Å². The van der Waals surface area contributed by atoms with Crippen LogP contribution in [0.1, 0.15) is 66.9 Å². The normalized spacial score (nSPS) is 24.8. The lowest BCUT2D eigenvalue weighted by Gasteiger charge is -2.35. The van der Waals surface area contributed by atoms with Crippen molar-refractivity contribution in [3.05, 3.63) is 51.5 Å². The summed E-state index contributed by atoms with van der Waals surface area (Å²) in [5, 5.41) is 42.0. The second-order valence-electron chi connectivity index (χ2n) is 9.95. The molecule has 3 aliphatic rings. The Balaban J connectivity index is 1.57.